The number of hydrogen-bond acceptors (Lipinski definition) is 4. The molecular formula is C16H22N2O3. The molecule has 0 radical (unpaired) electrons. The zero-order chi connectivity index (χ0) is 14.7. The van der Waals surface area contributed by atoms with Gasteiger partial charge in [-0.15, -0.1) is 0 Å². The van der Waals surface area contributed by atoms with E-state index in [-0.39, 0.29) is 5.91 Å². The van der Waals surface area contributed by atoms with Crippen LogP contribution in [-0.4, -0.2) is 62.2 Å². The molecular weight excluding hydrogens is 268 g/mol. The summed E-state index contributed by atoms with van der Waals surface area (Å²) in [7, 11) is 1.68. The minimum Gasteiger partial charge on any atom is -0.497 e. The first kappa shape index (κ1) is 14.4. The zero-order valence-corrected chi connectivity index (χ0v) is 12.5. The van der Waals surface area contributed by atoms with Crippen LogP contribution in [0, 0.1) is 0 Å². The molecule has 0 spiro atoms. The van der Waals surface area contributed by atoms with Crippen LogP contribution in [0.5, 0.6) is 5.75 Å². The lowest BCUT2D eigenvalue weighted by Crippen LogP contribution is -2.50. The molecule has 21 heavy (non-hydrogen) atoms. The van der Waals surface area contributed by atoms with E-state index in [9.17, 15) is 4.79 Å². The lowest BCUT2D eigenvalue weighted by Gasteiger charge is -2.42. The Morgan fingerprint density at radius 3 is 2.81 bits per heavy atom. The van der Waals surface area contributed by atoms with Crippen molar-refractivity contribution < 1.29 is 14.3 Å². The van der Waals surface area contributed by atoms with Crippen molar-refractivity contribution in [1.29, 1.82) is 0 Å². The Kier molecular flexibility index (Phi) is 4.41. The Hall–Kier alpha value is -1.59. The molecule has 1 amide bonds. The first-order valence-electron chi connectivity index (χ1n) is 7.51. The summed E-state index contributed by atoms with van der Waals surface area (Å²) in [5.41, 5.74) is 1.23. The molecule has 0 bridgehead atoms. The van der Waals surface area contributed by atoms with Gasteiger partial charge in [-0.3, -0.25) is 9.69 Å². The summed E-state index contributed by atoms with van der Waals surface area (Å²) in [4.78, 5) is 16.5. The summed E-state index contributed by atoms with van der Waals surface area (Å²) in [5, 5.41) is 0. The van der Waals surface area contributed by atoms with Gasteiger partial charge in [-0.1, -0.05) is 12.1 Å². The average Bonchev–Trinajstić information content (AvgIpc) is 2.52. The van der Waals surface area contributed by atoms with Crippen molar-refractivity contribution in [2.45, 2.75) is 12.5 Å². The smallest absolute Gasteiger partial charge is 0.236 e. The summed E-state index contributed by atoms with van der Waals surface area (Å²) in [6.45, 7) is 4.24. The molecule has 114 valence electrons. The van der Waals surface area contributed by atoms with Gasteiger partial charge in [-0.25, -0.2) is 0 Å². The number of hydrogen-bond donors (Lipinski definition) is 0. The van der Waals surface area contributed by atoms with Gasteiger partial charge in [0.15, 0.2) is 0 Å². The lowest BCUT2D eigenvalue weighted by molar-refractivity contribution is -0.138. The van der Waals surface area contributed by atoms with E-state index in [1.807, 2.05) is 17.0 Å². The van der Waals surface area contributed by atoms with Crippen molar-refractivity contribution in [3.05, 3.63) is 29.8 Å². The predicted molar refractivity (Wildman–Crippen MR) is 79.3 cm³/mol. The molecule has 1 aromatic carbocycles. The van der Waals surface area contributed by atoms with Crippen LogP contribution in [0.4, 0.5) is 0 Å². The van der Waals surface area contributed by atoms with Crippen LogP contribution in [-0.2, 0) is 9.53 Å². The fraction of sp³-hybridized carbons (Fsp3) is 0.562. The highest BCUT2D eigenvalue weighted by Crippen LogP contribution is 2.34. The average molecular weight is 290 g/mol. The van der Waals surface area contributed by atoms with Gasteiger partial charge in [-0.2, -0.15) is 0 Å². The lowest BCUT2D eigenvalue weighted by atomic mass is 9.94. The standard InChI is InChI=1S/C16H22N2O3/c1-20-14-4-2-3-13(11-14)15-5-6-18(15)12-16(19)17-7-9-21-10-8-17/h2-4,11,15H,5-10,12H2,1H3. The number of nitrogens with zero attached hydrogens (tertiary/aromatic N) is 2. The van der Waals surface area contributed by atoms with Gasteiger partial charge < -0.3 is 14.4 Å². The maximum absolute atomic E-state index is 12.3. The molecule has 2 aliphatic heterocycles. The molecule has 0 aliphatic carbocycles. The van der Waals surface area contributed by atoms with Gasteiger partial charge in [0.25, 0.3) is 0 Å². The van der Waals surface area contributed by atoms with E-state index in [0.717, 1.165) is 31.8 Å². The van der Waals surface area contributed by atoms with Gasteiger partial charge in [0.05, 0.1) is 26.9 Å². The van der Waals surface area contributed by atoms with Crippen LogP contribution >= 0.6 is 0 Å². The summed E-state index contributed by atoms with van der Waals surface area (Å²) in [6, 6.07) is 8.47. The third-order valence-corrected chi connectivity index (χ3v) is 4.31. The van der Waals surface area contributed by atoms with Crippen LogP contribution in [0.3, 0.4) is 0 Å². The molecule has 0 saturated carbocycles. The molecule has 1 atom stereocenters. The van der Waals surface area contributed by atoms with Crippen molar-refractivity contribution in [2.75, 3.05) is 46.5 Å². The number of morpholine rings is 1. The fourth-order valence-corrected chi connectivity index (χ4v) is 2.94. The van der Waals surface area contributed by atoms with E-state index in [1.165, 1.54) is 5.56 Å². The van der Waals surface area contributed by atoms with E-state index in [4.69, 9.17) is 9.47 Å². The minimum atomic E-state index is 0.214. The Bertz CT molecular complexity index is 500. The van der Waals surface area contributed by atoms with Gasteiger partial charge in [-0.05, 0) is 24.1 Å². The third kappa shape index (κ3) is 3.19. The van der Waals surface area contributed by atoms with Crippen molar-refractivity contribution in [3.63, 3.8) is 0 Å². The molecule has 0 N–H and O–H groups in total. The van der Waals surface area contributed by atoms with E-state index in [2.05, 4.69) is 17.0 Å². The third-order valence-electron chi connectivity index (χ3n) is 4.31. The van der Waals surface area contributed by atoms with Gasteiger partial charge in [0.2, 0.25) is 5.91 Å². The second-order valence-corrected chi connectivity index (χ2v) is 5.54. The topological polar surface area (TPSA) is 42.0 Å². The highest BCUT2D eigenvalue weighted by molar-refractivity contribution is 5.78. The Balaban J connectivity index is 1.60. The van der Waals surface area contributed by atoms with Crippen LogP contribution < -0.4 is 4.74 Å². The Morgan fingerprint density at radius 1 is 1.33 bits per heavy atom. The summed E-state index contributed by atoms with van der Waals surface area (Å²) in [5.74, 6) is 1.09. The molecule has 1 aromatic rings. The van der Waals surface area contributed by atoms with Crippen molar-refractivity contribution in [2.24, 2.45) is 0 Å². The van der Waals surface area contributed by atoms with Crippen LogP contribution in [0.1, 0.15) is 18.0 Å². The summed E-state index contributed by atoms with van der Waals surface area (Å²) >= 11 is 0. The first-order valence-corrected chi connectivity index (χ1v) is 7.51. The normalized spacial score (nSPS) is 22.7. The van der Waals surface area contributed by atoms with Crippen LogP contribution in [0.15, 0.2) is 24.3 Å². The van der Waals surface area contributed by atoms with Gasteiger partial charge in [0, 0.05) is 25.7 Å². The molecule has 5 nitrogen and oxygen atoms in total. The zero-order valence-electron chi connectivity index (χ0n) is 12.5. The molecule has 2 heterocycles. The van der Waals surface area contributed by atoms with E-state index in [0.29, 0.717) is 25.8 Å². The van der Waals surface area contributed by atoms with Crippen molar-refractivity contribution in [3.8, 4) is 5.75 Å². The number of carbonyl (C=O) groups excluding carboxylic acids is 1. The largest absolute Gasteiger partial charge is 0.497 e. The second kappa shape index (κ2) is 6.45. The molecule has 5 heteroatoms. The van der Waals surface area contributed by atoms with E-state index < -0.39 is 0 Å². The minimum absolute atomic E-state index is 0.214. The number of ether oxygens (including phenoxy) is 2. The SMILES string of the molecule is COc1cccc(C2CCN2CC(=O)N2CCOCC2)c1. The van der Waals surface area contributed by atoms with Gasteiger partial charge >= 0.3 is 0 Å². The number of methoxy groups -OCH3 is 1. The maximum atomic E-state index is 12.3. The van der Waals surface area contributed by atoms with E-state index in [1.54, 1.807) is 7.11 Å². The van der Waals surface area contributed by atoms with Crippen LogP contribution in [0.2, 0.25) is 0 Å². The molecule has 2 saturated heterocycles. The predicted octanol–water partition coefficient (Wildman–Crippen LogP) is 1.30. The number of amides is 1. The number of benzene rings is 1. The Labute approximate surface area is 125 Å². The summed E-state index contributed by atoms with van der Waals surface area (Å²) in [6.07, 6.45) is 1.10. The fourth-order valence-electron chi connectivity index (χ4n) is 2.94. The number of carbonyl (C=O) groups is 1. The molecule has 1 unspecified atom stereocenters. The van der Waals surface area contributed by atoms with E-state index >= 15 is 0 Å². The maximum Gasteiger partial charge on any atom is 0.236 e. The number of likely N-dealkylation sites (tertiary alicyclic amines) is 1. The molecule has 2 fully saturated rings. The van der Waals surface area contributed by atoms with Crippen LogP contribution in [0.25, 0.3) is 0 Å². The highest BCUT2D eigenvalue weighted by atomic mass is 16.5. The molecule has 0 aromatic heterocycles. The first-order chi connectivity index (χ1) is 10.3. The second-order valence-electron chi connectivity index (χ2n) is 5.54. The summed E-state index contributed by atoms with van der Waals surface area (Å²) < 4.78 is 10.6. The van der Waals surface area contributed by atoms with Gasteiger partial charge in [0.1, 0.15) is 5.75 Å². The van der Waals surface area contributed by atoms with Crippen molar-refractivity contribution in [1.82, 2.24) is 9.80 Å². The monoisotopic (exact) mass is 290 g/mol. The van der Waals surface area contributed by atoms with Crippen molar-refractivity contribution >= 4 is 5.91 Å². The number of rotatable bonds is 4. The quantitative estimate of drug-likeness (QED) is 0.838. The molecule has 3 rings (SSSR count). The highest BCUT2D eigenvalue weighted by Gasteiger charge is 2.32. The molecule has 2 aliphatic rings. The Morgan fingerprint density at radius 2 is 2.14 bits per heavy atom.